The van der Waals surface area contributed by atoms with Crippen molar-refractivity contribution in [2.45, 2.75) is 33.2 Å². The lowest BCUT2D eigenvalue weighted by atomic mass is 9.93. The lowest BCUT2D eigenvalue weighted by Crippen LogP contribution is -2.43. The normalized spacial score (nSPS) is 16.4. The molecule has 202 valence electrons. The molecule has 0 bridgehead atoms. The van der Waals surface area contributed by atoms with Crippen molar-refractivity contribution in [3.05, 3.63) is 100 Å². The van der Waals surface area contributed by atoms with E-state index < -0.39 is 6.03 Å². The number of anilines is 3. The largest absolute Gasteiger partial charge is 0.340 e. The van der Waals surface area contributed by atoms with Gasteiger partial charge in [-0.25, -0.2) is 9.79 Å². The average Bonchev–Trinajstić information content (AvgIpc) is 2.94. The summed E-state index contributed by atoms with van der Waals surface area (Å²) in [5, 5.41) is 18.7. The summed E-state index contributed by atoms with van der Waals surface area (Å²) >= 11 is 1.71. The quantitative estimate of drug-likeness (QED) is 0.332. The van der Waals surface area contributed by atoms with Crippen molar-refractivity contribution in [1.29, 1.82) is 5.26 Å². The first kappa shape index (κ1) is 27.0. The molecule has 0 aromatic heterocycles. The lowest BCUT2D eigenvalue weighted by Gasteiger charge is -2.41. The minimum absolute atomic E-state index is 0.172. The molecule has 3 N–H and O–H groups in total. The zero-order chi connectivity index (χ0) is 28.2. The highest BCUT2D eigenvalue weighted by Crippen LogP contribution is 2.40. The minimum atomic E-state index is -0.411. The number of carbonyl (C=O) groups excluding carboxylic acids is 2. The van der Waals surface area contributed by atoms with Gasteiger partial charge in [-0.1, -0.05) is 47.7 Å². The molecular formula is C31H30N6O2S. The number of aryl methyl sites for hydroxylation is 2. The second-order valence-corrected chi connectivity index (χ2v) is 10.9. The van der Waals surface area contributed by atoms with E-state index in [1.165, 1.54) is 0 Å². The standard InChI is InChI=1S/C31H30N6O2S/c1-19-8-13-26(20(2)16-19)36-29(38)27-21(3)33-31-37(14-5-15-40-31)28(27)23-9-11-24(12-10-23)34-30(39)35-25-7-4-6-22(17-25)18-32/h4,6-13,16-17,28H,5,14-15H2,1-3H3,(H,36,38)(H2,34,35,39). The molecule has 40 heavy (non-hydrogen) atoms. The smallest absolute Gasteiger partial charge is 0.323 e. The average molecular weight is 551 g/mol. The Kier molecular flexibility index (Phi) is 7.89. The predicted octanol–water partition coefficient (Wildman–Crippen LogP) is 6.58. The van der Waals surface area contributed by atoms with Crippen LogP contribution in [-0.4, -0.2) is 34.3 Å². The van der Waals surface area contributed by atoms with Crippen LogP contribution in [0.1, 0.15) is 41.6 Å². The number of nitrogens with one attached hydrogen (secondary N) is 3. The number of nitriles is 1. The molecule has 1 atom stereocenters. The Morgan fingerprint density at radius 2 is 1.75 bits per heavy atom. The molecule has 8 nitrogen and oxygen atoms in total. The van der Waals surface area contributed by atoms with E-state index in [0.29, 0.717) is 28.2 Å². The first-order valence-electron chi connectivity index (χ1n) is 13.1. The number of urea groups is 1. The van der Waals surface area contributed by atoms with Crippen LogP contribution in [0.5, 0.6) is 0 Å². The van der Waals surface area contributed by atoms with Crippen molar-refractivity contribution < 1.29 is 9.59 Å². The van der Waals surface area contributed by atoms with Gasteiger partial charge in [0.15, 0.2) is 5.17 Å². The number of fused-ring (bicyclic) bond motifs is 1. The van der Waals surface area contributed by atoms with Gasteiger partial charge in [-0.05, 0) is 74.7 Å². The maximum Gasteiger partial charge on any atom is 0.323 e. The maximum absolute atomic E-state index is 13.7. The van der Waals surface area contributed by atoms with Crippen LogP contribution in [0.25, 0.3) is 0 Å². The minimum Gasteiger partial charge on any atom is -0.340 e. The fourth-order valence-electron chi connectivity index (χ4n) is 4.96. The molecule has 5 rings (SSSR count). The Bertz CT molecular complexity index is 1570. The van der Waals surface area contributed by atoms with Gasteiger partial charge in [0.25, 0.3) is 5.91 Å². The third-order valence-corrected chi connectivity index (χ3v) is 7.94. The van der Waals surface area contributed by atoms with Gasteiger partial charge in [0.2, 0.25) is 0 Å². The van der Waals surface area contributed by atoms with Crippen LogP contribution in [0, 0.1) is 25.2 Å². The van der Waals surface area contributed by atoms with Gasteiger partial charge in [-0.15, -0.1) is 0 Å². The number of benzene rings is 3. The molecule has 2 heterocycles. The second-order valence-electron chi connectivity index (χ2n) is 9.86. The molecule has 0 spiro atoms. The first-order valence-corrected chi connectivity index (χ1v) is 14.1. The highest BCUT2D eigenvalue weighted by Gasteiger charge is 2.37. The van der Waals surface area contributed by atoms with E-state index in [4.69, 9.17) is 10.3 Å². The first-order chi connectivity index (χ1) is 19.3. The van der Waals surface area contributed by atoms with Crippen molar-refractivity contribution in [2.75, 3.05) is 28.2 Å². The molecule has 0 saturated carbocycles. The van der Waals surface area contributed by atoms with Gasteiger partial charge in [0.1, 0.15) is 0 Å². The zero-order valence-electron chi connectivity index (χ0n) is 22.6. The van der Waals surface area contributed by atoms with Gasteiger partial charge in [0, 0.05) is 29.4 Å². The molecule has 2 aliphatic rings. The number of thioether (sulfide) groups is 1. The van der Waals surface area contributed by atoms with Gasteiger partial charge in [-0.2, -0.15) is 5.26 Å². The number of allylic oxidation sites excluding steroid dienone is 1. The molecule has 0 radical (unpaired) electrons. The van der Waals surface area contributed by atoms with Crippen LogP contribution < -0.4 is 16.0 Å². The van der Waals surface area contributed by atoms with Crippen molar-refractivity contribution in [3.63, 3.8) is 0 Å². The van der Waals surface area contributed by atoms with Crippen LogP contribution in [0.2, 0.25) is 0 Å². The molecule has 1 fully saturated rings. The number of rotatable bonds is 5. The molecule has 1 unspecified atom stereocenters. The number of aliphatic imine (C=N–C) groups is 1. The van der Waals surface area contributed by atoms with Crippen LogP contribution in [-0.2, 0) is 4.79 Å². The third-order valence-electron chi connectivity index (χ3n) is 6.87. The molecule has 2 aliphatic heterocycles. The van der Waals surface area contributed by atoms with Crippen LogP contribution in [0.15, 0.2) is 83.0 Å². The number of amides is 3. The Hall–Kier alpha value is -4.55. The molecule has 1 saturated heterocycles. The number of nitrogens with zero attached hydrogens (tertiary/aromatic N) is 3. The summed E-state index contributed by atoms with van der Waals surface area (Å²) < 4.78 is 0. The summed E-state index contributed by atoms with van der Waals surface area (Å²) in [6.07, 6.45) is 0.998. The van der Waals surface area contributed by atoms with Crippen molar-refractivity contribution in [1.82, 2.24) is 4.90 Å². The summed E-state index contributed by atoms with van der Waals surface area (Å²) in [6.45, 7) is 6.71. The summed E-state index contributed by atoms with van der Waals surface area (Å²) in [6, 6.07) is 21.6. The van der Waals surface area contributed by atoms with Crippen molar-refractivity contribution >= 4 is 45.9 Å². The van der Waals surface area contributed by atoms with E-state index in [1.807, 2.05) is 57.2 Å². The second kappa shape index (κ2) is 11.7. The highest BCUT2D eigenvalue weighted by atomic mass is 32.2. The number of carbonyl (C=O) groups is 2. The third kappa shape index (κ3) is 5.87. The predicted molar refractivity (Wildman–Crippen MR) is 161 cm³/mol. The fraction of sp³-hybridized carbons (Fsp3) is 0.226. The Morgan fingerprint density at radius 1 is 0.975 bits per heavy atom. The zero-order valence-corrected chi connectivity index (χ0v) is 23.4. The summed E-state index contributed by atoms with van der Waals surface area (Å²) in [5.74, 6) is 0.822. The van der Waals surface area contributed by atoms with E-state index >= 15 is 0 Å². The van der Waals surface area contributed by atoms with E-state index in [2.05, 4.69) is 33.0 Å². The van der Waals surface area contributed by atoms with E-state index in [9.17, 15) is 9.59 Å². The number of hydrogen-bond acceptors (Lipinski definition) is 6. The van der Waals surface area contributed by atoms with Crippen molar-refractivity contribution in [2.24, 2.45) is 4.99 Å². The highest BCUT2D eigenvalue weighted by molar-refractivity contribution is 8.13. The van der Waals surface area contributed by atoms with Gasteiger partial charge >= 0.3 is 6.03 Å². The molecule has 3 aromatic carbocycles. The van der Waals surface area contributed by atoms with E-state index in [1.54, 1.807) is 36.0 Å². The fourth-order valence-corrected chi connectivity index (χ4v) is 5.98. The van der Waals surface area contributed by atoms with Crippen LogP contribution in [0.4, 0.5) is 21.9 Å². The molecule has 0 aliphatic carbocycles. The molecular weight excluding hydrogens is 520 g/mol. The topological polar surface area (TPSA) is 110 Å². The molecule has 3 aromatic rings. The summed E-state index contributed by atoms with van der Waals surface area (Å²) in [7, 11) is 0. The molecule has 9 heteroatoms. The Balaban J connectivity index is 1.38. The van der Waals surface area contributed by atoms with Crippen LogP contribution >= 0.6 is 11.8 Å². The SMILES string of the molecule is CC1=C(C(=O)Nc2ccc(C)cc2C)C(c2ccc(NC(=O)Nc3cccc(C#N)c3)cc2)N2CCCSC2=N1. The van der Waals surface area contributed by atoms with Crippen molar-refractivity contribution in [3.8, 4) is 6.07 Å². The Morgan fingerprint density at radius 3 is 2.50 bits per heavy atom. The summed E-state index contributed by atoms with van der Waals surface area (Å²) in [5.41, 5.74) is 6.78. The maximum atomic E-state index is 13.7. The van der Waals surface area contributed by atoms with Gasteiger partial charge < -0.3 is 20.9 Å². The van der Waals surface area contributed by atoms with Gasteiger partial charge in [0.05, 0.1) is 28.9 Å². The van der Waals surface area contributed by atoms with E-state index in [-0.39, 0.29) is 11.9 Å². The van der Waals surface area contributed by atoms with Crippen LogP contribution in [0.3, 0.4) is 0 Å². The number of hydrogen-bond donors (Lipinski definition) is 3. The van der Waals surface area contributed by atoms with E-state index in [0.717, 1.165) is 46.3 Å². The Labute approximate surface area is 238 Å². The molecule has 3 amide bonds. The van der Waals surface area contributed by atoms with Gasteiger partial charge in [-0.3, -0.25) is 4.79 Å². The lowest BCUT2D eigenvalue weighted by molar-refractivity contribution is -0.113. The number of amidine groups is 1. The monoisotopic (exact) mass is 550 g/mol. The summed E-state index contributed by atoms with van der Waals surface area (Å²) in [4.78, 5) is 33.3.